The van der Waals surface area contributed by atoms with E-state index < -0.39 is 0 Å². The molecular weight excluding hydrogens is 236 g/mol. The van der Waals surface area contributed by atoms with E-state index in [0.717, 1.165) is 15.8 Å². The summed E-state index contributed by atoms with van der Waals surface area (Å²) >= 11 is 4.65. The first kappa shape index (κ1) is 9.81. The Kier molecular flexibility index (Phi) is 3.82. The third-order valence-corrected chi connectivity index (χ3v) is 2.67. The van der Waals surface area contributed by atoms with E-state index in [1.807, 2.05) is 31.2 Å². The van der Waals surface area contributed by atoms with Crippen LogP contribution in [0.15, 0.2) is 28.7 Å². The van der Waals surface area contributed by atoms with E-state index in [9.17, 15) is 4.79 Å². The largest absolute Gasteiger partial charge is 0.282 e. The Bertz CT molecular complexity index is 268. The first-order chi connectivity index (χ1) is 5.74. The molecule has 0 atom stereocenters. The lowest BCUT2D eigenvalue weighted by Crippen LogP contribution is -1.92. The molecule has 1 rings (SSSR count). The van der Waals surface area contributed by atoms with Gasteiger partial charge in [-0.3, -0.25) is 4.79 Å². The normalized spacial score (nSPS) is 9.83. The van der Waals surface area contributed by atoms with Gasteiger partial charge in [-0.15, -0.1) is 0 Å². The highest BCUT2D eigenvalue weighted by atomic mass is 79.9. The highest BCUT2D eigenvalue weighted by molar-refractivity contribution is 9.10. The second kappa shape index (κ2) is 4.67. The van der Waals surface area contributed by atoms with Crippen LogP contribution in [0.3, 0.4) is 0 Å². The van der Waals surface area contributed by atoms with Gasteiger partial charge in [-0.2, -0.15) is 0 Å². The maximum atomic E-state index is 11.3. The second-order valence-corrected chi connectivity index (χ2v) is 4.38. The van der Waals surface area contributed by atoms with Crippen molar-refractivity contribution in [1.29, 1.82) is 0 Å². The van der Waals surface area contributed by atoms with Crippen LogP contribution in [-0.2, 0) is 0 Å². The van der Waals surface area contributed by atoms with Crippen LogP contribution in [0.4, 0.5) is 0 Å². The average Bonchev–Trinajstić information content (AvgIpc) is 2.06. The van der Waals surface area contributed by atoms with Gasteiger partial charge in [-0.05, 0) is 30.0 Å². The van der Waals surface area contributed by atoms with Gasteiger partial charge in [0.1, 0.15) is 0 Å². The monoisotopic (exact) mass is 244 g/mol. The maximum absolute atomic E-state index is 11.3. The van der Waals surface area contributed by atoms with E-state index in [2.05, 4.69) is 15.9 Å². The van der Waals surface area contributed by atoms with Crippen LogP contribution in [0.1, 0.15) is 17.3 Å². The number of halogens is 1. The Morgan fingerprint density at radius 2 is 2.00 bits per heavy atom. The number of carbonyl (C=O) groups excluding carboxylic acids is 1. The molecule has 0 radical (unpaired) electrons. The minimum atomic E-state index is 0.144. The lowest BCUT2D eigenvalue weighted by molar-refractivity contribution is 0.108. The first-order valence-electron chi connectivity index (χ1n) is 3.66. The summed E-state index contributed by atoms with van der Waals surface area (Å²) in [5.41, 5.74) is 0.769. The van der Waals surface area contributed by atoms with Crippen LogP contribution >= 0.6 is 27.7 Å². The Hall–Kier alpha value is -0.280. The minimum Gasteiger partial charge on any atom is -0.282 e. The predicted molar refractivity (Wildman–Crippen MR) is 56.6 cm³/mol. The minimum absolute atomic E-state index is 0.144. The zero-order valence-electron chi connectivity index (χ0n) is 6.71. The number of rotatable bonds is 2. The van der Waals surface area contributed by atoms with E-state index >= 15 is 0 Å². The van der Waals surface area contributed by atoms with Gasteiger partial charge < -0.3 is 0 Å². The molecular formula is C9H9BrOS. The van der Waals surface area contributed by atoms with Crippen molar-refractivity contribution in [3.63, 3.8) is 0 Å². The summed E-state index contributed by atoms with van der Waals surface area (Å²) in [4.78, 5) is 11.3. The number of carbonyl (C=O) groups is 1. The summed E-state index contributed by atoms with van der Waals surface area (Å²) in [5.74, 6) is 0.828. The number of hydrogen-bond acceptors (Lipinski definition) is 2. The molecule has 12 heavy (non-hydrogen) atoms. The molecule has 0 saturated carbocycles. The average molecular weight is 245 g/mol. The second-order valence-electron chi connectivity index (χ2n) is 2.23. The molecule has 0 saturated heterocycles. The van der Waals surface area contributed by atoms with Crippen molar-refractivity contribution in [3.05, 3.63) is 34.3 Å². The van der Waals surface area contributed by atoms with Crippen molar-refractivity contribution in [2.24, 2.45) is 0 Å². The van der Waals surface area contributed by atoms with Gasteiger partial charge in [0.25, 0.3) is 0 Å². The van der Waals surface area contributed by atoms with Crippen LogP contribution < -0.4 is 0 Å². The maximum Gasteiger partial charge on any atom is 0.219 e. The molecule has 0 aromatic heterocycles. The molecule has 0 aliphatic rings. The summed E-state index contributed by atoms with van der Waals surface area (Å²) in [6, 6.07) is 7.41. The molecule has 0 aliphatic carbocycles. The van der Waals surface area contributed by atoms with E-state index in [1.165, 1.54) is 11.8 Å². The van der Waals surface area contributed by atoms with Gasteiger partial charge in [0.05, 0.1) is 0 Å². The Morgan fingerprint density at radius 3 is 2.50 bits per heavy atom. The standard InChI is InChI=1S/C9H9BrOS/c1-2-12-9(11)7-3-5-8(10)6-4-7/h3-6H,2H2,1H3. The molecule has 3 heteroatoms. The quantitative estimate of drug-likeness (QED) is 0.794. The summed E-state index contributed by atoms with van der Waals surface area (Å²) in [6.45, 7) is 1.97. The molecule has 0 amide bonds. The molecule has 0 aliphatic heterocycles. The van der Waals surface area contributed by atoms with E-state index in [-0.39, 0.29) is 5.12 Å². The summed E-state index contributed by atoms with van der Waals surface area (Å²) in [5, 5.41) is 0.144. The molecule has 0 N–H and O–H groups in total. The third kappa shape index (κ3) is 2.64. The Balaban J connectivity index is 2.75. The van der Waals surface area contributed by atoms with Crippen molar-refractivity contribution in [1.82, 2.24) is 0 Å². The van der Waals surface area contributed by atoms with Gasteiger partial charge in [0, 0.05) is 10.0 Å². The molecule has 0 spiro atoms. The van der Waals surface area contributed by atoms with E-state index in [1.54, 1.807) is 0 Å². The van der Waals surface area contributed by atoms with Gasteiger partial charge in [-0.25, -0.2) is 0 Å². The zero-order valence-corrected chi connectivity index (χ0v) is 9.11. The molecule has 0 unspecified atom stereocenters. The molecule has 64 valence electrons. The summed E-state index contributed by atoms with van der Waals surface area (Å²) in [6.07, 6.45) is 0. The molecule has 0 bridgehead atoms. The van der Waals surface area contributed by atoms with Crippen LogP contribution in [0.25, 0.3) is 0 Å². The van der Waals surface area contributed by atoms with Crippen molar-refractivity contribution in [3.8, 4) is 0 Å². The molecule has 1 aromatic rings. The molecule has 0 fully saturated rings. The van der Waals surface area contributed by atoms with Crippen LogP contribution in [-0.4, -0.2) is 10.9 Å². The third-order valence-electron chi connectivity index (χ3n) is 1.36. The smallest absolute Gasteiger partial charge is 0.219 e. The lowest BCUT2D eigenvalue weighted by atomic mass is 10.2. The van der Waals surface area contributed by atoms with E-state index in [0.29, 0.717) is 0 Å². The number of hydrogen-bond donors (Lipinski definition) is 0. The lowest BCUT2D eigenvalue weighted by Gasteiger charge is -1.97. The van der Waals surface area contributed by atoms with Crippen molar-refractivity contribution in [2.45, 2.75) is 6.92 Å². The highest BCUT2D eigenvalue weighted by Crippen LogP contribution is 2.15. The SMILES string of the molecule is CCSC(=O)c1ccc(Br)cc1. The fraction of sp³-hybridized carbons (Fsp3) is 0.222. The van der Waals surface area contributed by atoms with Gasteiger partial charge >= 0.3 is 0 Å². The van der Waals surface area contributed by atoms with Gasteiger partial charge in [-0.1, -0.05) is 34.6 Å². The van der Waals surface area contributed by atoms with Crippen molar-refractivity contribution >= 4 is 32.8 Å². The van der Waals surface area contributed by atoms with E-state index in [4.69, 9.17) is 0 Å². The predicted octanol–water partition coefficient (Wildman–Crippen LogP) is 3.34. The first-order valence-corrected chi connectivity index (χ1v) is 5.44. The van der Waals surface area contributed by atoms with Crippen LogP contribution in [0.5, 0.6) is 0 Å². The van der Waals surface area contributed by atoms with Gasteiger partial charge in [0.2, 0.25) is 5.12 Å². The zero-order chi connectivity index (χ0) is 8.97. The summed E-state index contributed by atoms with van der Waals surface area (Å²) < 4.78 is 1.00. The van der Waals surface area contributed by atoms with Crippen molar-refractivity contribution in [2.75, 3.05) is 5.75 Å². The van der Waals surface area contributed by atoms with Crippen molar-refractivity contribution < 1.29 is 4.79 Å². The van der Waals surface area contributed by atoms with Crippen LogP contribution in [0.2, 0.25) is 0 Å². The molecule has 1 nitrogen and oxygen atoms in total. The molecule has 1 aromatic carbocycles. The number of thioether (sulfide) groups is 1. The van der Waals surface area contributed by atoms with Gasteiger partial charge in [0.15, 0.2) is 0 Å². The highest BCUT2D eigenvalue weighted by Gasteiger charge is 2.03. The fourth-order valence-corrected chi connectivity index (χ4v) is 1.63. The fourth-order valence-electron chi connectivity index (χ4n) is 0.800. The Morgan fingerprint density at radius 1 is 1.42 bits per heavy atom. The molecule has 0 heterocycles. The Labute approximate surface area is 84.7 Å². The summed E-state index contributed by atoms with van der Waals surface area (Å²) in [7, 11) is 0. The topological polar surface area (TPSA) is 17.1 Å². The number of benzene rings is 1. The van der Waals surface area contributed by atoms with Crippen LogP contribution in [0, 0.1) is 0 Å².